The normalized spacial score (nSPS) is 18.7. The van der Waals surface area contributed by atoms with E-state index in [1.165, 1.54) is 0 Å². The first-order chi connectivity index (χ1) is 8.11. The van der Waals surface area contributed by atoms with Crippen molar-refractivity contribution in [1.82, 2.24) is 5.32 Å². The Hall–Kier alpha value is -1.26. The van der Waals surface area contributed by atoms with E-state index in [1.807, 2.05) is 0 Å². The van der Waals surface area contributed by atoms with E-state index in [0.29, 0.717) is 6.61 Å². The molecule has 1 atom stereocenters. The smallest absolute Gasteiger partial charge is 0.408 e. The van der Waals surface area contributed by atoms with E-state index in [2.05, 4.69) is 12.2 Å². The summed E-state index contributed by atoms with van der Waals surface area (Å²) in [6, 6.07) is -0.692. The maximum atomic E-state index is 11.6. The van der Waals surface area contributed by atoms with E-state index in [4.69, 9.17) is 9.47 Å². The third kappa shape index (κ3) is 5.38. The zero-order valence-corrected chi connectivity index (χ0v) is 11.8. The molecular formula is C13H23NO4. The SMILES string of the molecule is C[C@H](NC(=O)OC(C)(C)C)C(=O)OCC1(C)CC1. The molecule has 0 aromatic carbocycles. The summed E-state index contributed by atoms with van der Waals surface area (Å²) in [4.78, 5) is 23.1. The van der Waals surface area contributed by atoms with Crippen molar-refractivity contribution in [2.24, 2.45) is 5.41 Å². The number of carbonyl (C=O) groups is 2. The summed E-state index contributed by atoms with van der Waals surface area (Å²) in [6.07, 6.45) is 1.58. The van der Waals surface area contributed by atoms with E-state index in [-0.39, 0.29) is 5.41 Å². The Bertz CT molecular complexity index is 328. The second-order valence-corrected chi connectivity index (χ2v) is 6.29. The van der Waals surface area contributed by atoms with Gasteiger partial charge in [0.2, 0.25) is 0 Å². The first-order valence-corrected chi connectivity index (χ1v) is 6.27. The van der Waals surface area contributed by atoms with Gasteiger partial charge < -0.3 is 14.8 Å². The van der Waals surface area contributed by atoms with Crippen molar-refractivity contribution in [3.05, 3.63) is 0 Å². The number of nitrogens with one attached hydrogen (secondary N) is 1. The second kappa shape index (κ2) is 5.16. The van der Waals surface area contributed by atoms with Crippen molar-refractivity contribution in [2.75, 3.05) is 6.61 Å². The van der Waals surface area contributed by atoms with Gasteiger partial charge in [-0.1, -0.05) is 6.92 Å². The van der Waals surface area contributed by atoms with Crippen LogP contribution in [0, 0.1) is 5.41 Å². The first kappa shape index (κ1) is 14.8. The molecule has 1 aliphatic carbocycles. The zero-order chi connectivity index (χ0) is 14.0. The van der Waals surface area contributed by atoms with Crippen LogP contribution in [0.3, 0.4) is 0 Å². The molecule has 1 aliphatic rings. The van der Waals surface area contributed by atoms with Gasteiger partial charge in [0.25, 0.3) is 0 Å². The Kier molecular flexibility index (Phi) is 4.24. The summed E-state index contributed by atoms with van der Waals surface area (Å²) in [5.41, 5.74) is -0.420. The summed E-state index contributed by atoms with van der Waals surface area (Å²) >= 11 is 0. The third-order valence-corrected chi connectivity index (χ3v) is 2.75. The minimum Gasteiger partial charge on any atom is -0.464 e. The average Bonchev–Trinajstić information content (AvgIpc) is 2.90. The fourth-order valence-corrected chi connectivity index (χ4v) is 1.27. The number of alkyl carbamates (subject to hydrolysis) is 1. The largest absolute Gasteiger partial charge is 0.464 e. The molecule has 0 saturated heterocycles. The van der Waals surface area contributed by atoms with Crippen molar-refractivity contribution in [3.63, 3.8) is 0 Å². The average molecular weight is 257 g/mol. The van der Waals surface area contributed by atoms with E-state index in [9.17, 15) is 9.59 Å². The molecule has 0 radical (unpaired) electrons. The summed E-state index contributed by atoms with van der Waals surface area (Å²) in [7, 11) is 0. The number of amides is 1. The number of carbonyl (C=O) groups excluding carboxylic acids is 2. The van der Waals surface area contributed by atoms with Crippen molar-refractivity contribution >= 4 is 12.1 Å². The van der Waals surface area contributed by atoms with Crippen LogP contribution in [0.1, 0.15) is 47.5 Å². The number of ether oxygens (including phenoxy) is 2. The van der Waals surface area contributed by atoms with Crippen LogP contribution in [0.25, 0.3) is 0 Å². The molecule has 5 heteroatoms. The Morgan fingerprint density at radius 3 is 2.33 bits per heavy atom. The summed E-state index contributed by atoms with van der Waals surface area (Å²) in [5, 5.41) is 2.46. The van der Waals surface area contributed by atoms with Crippen LogP contribution in [0.5, 0.6) is 0 Å². The highest BCUT2D eigenvalue weighted by atomic mass is 16.6. The predicted molar refractivity (Wildman–Crippen MR) is 67.1 cm³/mol. The predicted octanol–water partition coefficient (Wildman–Crippen LogP) is 2.24. The Labute approximate surface area is 108 Å². The summed E-state index contributed by atoms with van der Waals surface area (Å²) in [5.74, 6) is -0.422. The molecule has 0 unspecified atom stereocenters. The van der Waals surface area contributed by atoms with Crippen LogP contribution < -0.4 is 5.32 Å². The maximum Gasteiger partial charge on any atom is 0.408 e. The fourth-order valence-electron chi connectivity index (χ4n) is 1.27. The first-order valence-electron chi connectivity index (χ1n) is 6.27. The van der Waals surface area contributed by atoms with Crippen LogP contribution in [-0.4, -0.2) is 30.3 Å². The number of hydrogen-bond donors (Lipinski definition) is 1. The Morgan fingerprint density at radius 1 is 1.33 bits per heavy atom. The lowest BCUT2D eigenvalue weighted by atomic mass is 10.2. The van der Waals surface area contributed by atoms with Crippen molar-refractivity contribution in [1.29, 1.82) is 0 Å². The Morgan fingerprint density at radius 2 is 1.89 bits per heavy atom. The van der Waals surface area contributed by atoms with Gasteiger partial charge >= 0.3 is 12.1 Å². The molecule has 18 heavy (non-hydrogen) atoms. The molecule has 104 valence electrons. The monoisotopic (exact) mass is 257 g/mol. The molecule has 5 nitrogen and oxygen atoms in total. The number of esters is 1. The molecule has 1 rings (SSSR count). The lowest BCUT2D eigenvalue weighted by Gasteiger charge is -2.21. The van der Waals surface area contributed by atoms with E-state index >= 15 is 0 Å². The summed E-state index contributed by atoms with van der Waals surface area (Å²) < 4.78 is 10.2. The molecule has 0 spiro atoms. The molecule has 1 saturated carbocycles. The molecule has 0 aliphatic heterocycles. The van der Waals surface area contributed by atoms with Gasteiger partial charge in [-0.25, -0.2) is 9.59 Å². The fraction of sp³-hybridized carbons (Fsp3) is 0.846. The molecule has 1 N–H and O–H groups in total. The van der Waals surface area contributed by atoms with Crippen molar-refractivity contribution in [3.8, 4) is 0 Å². The lowest BCUT2D eigenvalue weighted by Crippen LogP contribution is -2.42. The highest BCUT2D eigenvalue weighted by molar-refractivity contribution is 5.81. The van der Waals surface area contributed by atoms with Gasteiger partial charge in [0, 0.05) is 5.41 Å². The molecule has 0 aromatic heterocycles. The van der Waals surface area contributed by atoms with E-state index < -0.39 is 23.7 Å². The quantitative estimate of drug-likeness (QED) is 0.784. The maximum absolute atomic E-state index is 11.6. The topological polar surface area (TPSA) is 64.6 Å². The molecule has 1 amide bonds. The molecule has 0 bridgehead atoms. The van der Waals surface area contributed by atoms with Crippen LogP contribution in [-0.2, 0) is 14.3 Å². The van der Waals surface area contributed by atoms with E-state index in [1.54, 1.807) is 27.7 Å². The van der Waals surface area contributed by atoms with Gasteiger partial charge in [0.1, 0.15) is 11.6 Å². The van der Waals surface area contributed by atoms with E-state index in [0.717, 1.165) is 12.8 Å². The lowest BCUT2D eigenvalue weighted by molar-refractivity contribution is -0.147. The zero-order valence-electron chi connectivity index (χ0n) is 11.8. The number of hydrogen-bond acceptors (Lipinski definition) is 4. The van der Waals surface area contributed by atoms with Crippen molar-refractivity contribution in [2.45, 2.75) is 59.1 Å². The van der Waals surface area contributed by atoms with Gasteiger partial charge in [-0.05, 0) is 40.5 Å². The highest BCUT2D eigenvalue weighted by Crippen LogP contribution is 2.44. The molecule has 1 fully saturated rings. The minimum absolute atomic E-state index is 0.154. The molecule has 0 heterocycles. The minimum atomic E-state index is -0.692. The van der Waals surface area contributed by atoms with Crippen LogP contribution in [0.15, 0.2) is 0 Å². The molecular weight excluding hydrogens is 234 g/mol. The Balaban J connectivity index is 2.28. The van der Waals surface area contributed by atoms with Crippen LogP contribution in [0.2, 0.25) is 0 Å². The van der Waals surface area contributed by atoms with Gasteiger partial charge in [-0.15, -0.1) is 0 Å². The van der Waals surface area contributed by atoms with Gasteiger partial charge in [0.15, 0.2) is 0 Å². The standard InChI is InChI=1S/C13H23NO4/c1-9(14-11(16)18-12(2,3)4)10(15)17-8-13(5)6-7-13/h9H,6-8H2,1-5H3,(H,14,16)/t9-/m0/s1. The summed E-state index contributed by atoms with van der Waals surface area (Å²) in [6.45, 7) is 9.39. The van der Waals surface area contributed by atoms with Crippen molar-refractivity contribution < 1.29 is 19.1 Å². The van der Waals surface area contributed by atoms with Crippen LogP contribution in [0.4, 0.5) is 4.79 Å². The van der Waals surface area contributed by atoms with Gasteiger partial charge in [-0.3, -0.25) is 0 Å². The molecule has 0 aromatic rings. The third-order valence-electron chi connectivity index (χ3n) is 2.75. The van der Waals surface area contributed by atoms with Gasteiger partial charge in [-0.2, -0.15) is 0 Å². The van der Waals surface area contributed by atoms with Gasteiger partial charge in [0.05, 0.1) is 6.61 Å². The highest BCUT2D eigenvalue weighted by Gasteiger charge is 2.39. The second-order valence-electron chi connectivity index (χ2n) is 6.29. The van der Waals surface area contributed by atoms with Crippen LogP contribution >= 0.6 is 0 Å². The number of rotatable bonds is 4.